The van der Waals surface area contributed by atoms with Crippen molar-refractivity contribution in [3.8, 4) is 0 Å². The fourth-order valence-electron chi connectivity index (χ4n) is 0.912. The van der Waals surface area contributed by atoms with Crippen molar-refractivity contribution >= 4 is 11.8 Å². The summed E-state index contributed by atoms with van der Waals surface area (Å²) in [5.41, 5.74) is 12.4. The van der Waals surface area contributed by atoms with Crippen LogP contribution in [0.25, 0.3) is 0 Å². The van der Waals surface area contributed by atoms with Crippen LogP contribution >= 0.6 is 11.8 Å². The fourth-order valence-corrected chi connectivity index (χ4v) is 1.44. The zero-order valence-electron chi connectivity index (χ0n) is 6.00. The van der Waals surface area contributed by atoms with Gasteiger partial charge in [0.1, 0.15) is 0 Å². The molecule has 0 amide bonds. The first-order valence-electron chi connectivity index (χ1n) is 3.14. The zero-order chi connectivity index (χ0) is 7.61. The Bertz CT molecular complexity index is 186. The first kappa shape index (κ1) is 7.69. The van der Waals surface area contributed by atoms with Gasteiger partial charge in [-0.15, -0.1) is 11.8 Å². The third-order valence-corrected chi connectivity index (χ3v) is 2.59. The van der Waals surface area contributed by atoms with E-state index >= 15 is 0 Å². The molecule has 1 rings (SSSR count). The van der Waals surface area contributed by atoms with Crippen LogP contribution < -0.4 is 11.5 Å². The lowest BCUT2D eigenvalue weighted by Gasteiger charge is -2.25. The van der Waals surface area contributed by atoms with Gasteiger partial charge in [-0.3, -0.25) is 0 Å². The minimum atomic E-state index is -0.265. The summed E-state index contributed by atoms with van der Waals surface area (Å²) in [6.07, 6.45) is 8.53. The molecular formula is C7H12N2S. The van der Waals surface area contributed by atoms with E-state index in [2.05, 4.69) is 0 Å². The smallest absolute Gasteiger partial charge is 0.0861 e. The Morgan fingerprint density at radius 3 is 2.80 bits per heavy atom. The van der Waals surface area contributed by atoms with E-state index in [-0.39, 0.29) is 4.87 Å². The highest BCUT2D eigenvalue weighted by Gasteiger charge is 2.22. The van der Waals surface area contributed by atoms with Gasteiger partial charge in [0.2, 0.25) is 0 Å². The van der Waals surface area contributed by atoms with E-state index in [1.54, 1.807) is 11.8 Å². The van der Waals surface area contributed by atoms with Crippen LogP contribution in [0.2, 0.25) is 0 Å². The number of hydrogen-bond donors (Lipinski definition) is 2. The lowest BCUT2D eigenvalue weighted by Crippen LogP contribution is -2.36. The lowest BCUT2D eigenvalue weighted by molar-refractivity contribution is 0.724. The Hall–Kier alpha value is -0.410. The molecule has 4 N–H and O–H groups in total. The van der Waals surface area contributed by atoms with Gasteiger partial charge in [-0.25, -0.2) is 0 Å². The van der Waals surface area contributed by atoms with E-state index in [1.165, 1.54) is 0 Å². The largest absolute Gasteiger partial charge is 0.402 e. The fraction of sp³-hybridized carbons (Fsp3) is 0.429. The Kier molecular flexibility index (Phi) is 2.06. The third kappa shape index (κ3) is 1.55. The van der Waals surface area contributed by atoms with Gasteiger partial charge in [-0.1, -0.05) is 12.2 Å². The molecule has 0 spiro atoms. The van der Waals surface area contributed by atoms with Crippen LogP contribution in [-0.4, -0.2) is 11.1 Å². The summed E-state index contributed by atoms with van der Waals surface area (Å²) < 4.78 is 0. The SMILES string of the molecule is CSC1(N)C=CC=C(N)C1. The summed E-state index contributed by atoms with van der Waals surface area (Å²) in [7, 11) is 0. The minimum Gasteiger partial charge on any atom is -0.402 e. The Morgan fingerprint density at radius 2 is 2.40 bits per heavy atom. The Morgan fingerprint density at radius 1 is 1.70 bits per heavy atom. The summed E-state index contributed by atoms with van der Waals surface area (Å²) in [4.78, 5) is -0.265. The molecule has 56 valence electrons. The van der Waals surface area contributed by atoms with Crippen molar-refractivity contribution in [1.29, 1.82) is 0 Å². The van der Waals surface area contributed by atoms with E-state index in [0.29, 0.717) is 0 Å². The molecule has 10 heavy (non-hydrogen) atoms. The van der Waals surface area contributed by atoms with Gasteiger partial charge in [-0.2, -0.15) is 0 Å². The van der Waals surface area contributed by atoms with E-state index < -0.39 is 0 Å². The third-order valence-electron chi connectivity index (χ3n) is 1.55. The molecule has 0 fully saturated rings. The van der Waals surface area contributed by atoms with Crippen molar-refractivity contribution in [2.45, 2.75) is 11.3 Å². The molecule has 0 aromatic carbocycles. The molecule has 2 nitrogen and oxygen atoms in total. The monoisotopic (exact) mass is 156 g/mol. The van der Waals surface area contributed by atoms with Gasteiger partial charge in [0.25, 0.3) is 0 Å². The summed E-state index contributed by atoms with van der Waals surface area (Å²) >= 11 is 1.62. The van der Waals surface area contributed by atoms with Crippen LogP contribution in [0, 0.1) is 0 Å². The second-order valence-corrected chi connectivity index (χ2v) is 3.60. The number of thioether (sulfide) groups is 1. The van der Waals surface area contributed by atoms with Crippen LogP contribution in [0.15, 0.2) is 23.9 Å². The maximum absolute atomic E-state index is 5.90. The van der Waals surface area contributed by atoms with Crippen LogP contribution in [0.1, 0.15) is 6.42 Å². The second-order valence-electron chi connectivity index (χ2n) is 2.44. The average Bonchev–Trinajstić information content (AvgIpc) is 1.88. The molecule has 0 saturated carbocycles. The molecule has 0 saturated heterocycles. The van der Waals surface area contributed by atoms with E-state index in [9.17, 15) is 0 Å². The maximum Gasteiger partial charge on any atom is 0.0861 e. The number of rotatable bonds is 1. The van der Waals surface area contributed by atoms with Gasteiger partial charge < -0.3 is 11.5 Å². The summed E-state index contributed by atoms with van der Waals surface area (Å²) in [5.74, 6) is 0. The number of allylic oxidation sites excluding steroid dienone is 2. The summed E-state index contributed by atoms with van der Waals surface area (Å²) in [6, 6.07) is 0. The normalized spacial score (nSPS) is 32.0. The van der Waals surface area contributed by atoms with Crippen LogP contribution in [0.5, 0.6) is 0 Å². The molecule has 0 heterocycles. The van der Waals surface area contributed by atoms with E-state index in [1.807, 2.05) is 24.5 Å². The summed E-state index contributed by atoms with van der Waals surface area (Å²) in [5, 5.41) is 0. The van der Waals surface area contributed by atoms with Crippen LogP contribution in [0.4, 0.5) is 0 Å². The molecule has 0 aromatic rings. The van der Waals surface area contributed by atoms with Crippen molar-refractivity contribution in [3.05, 3.63) is 23.9 Å². The summed E-state index contributed by atoms with van der Waals surface area (Å²) in [6.45, 7) is 0. The first-order chi connectivity index (χ1) is 4.66. The second kappa shape index (κ2) is 2.68. The molecule has 1 aliphatic rings. The van der Waals surface area contributed by atoms with E-state index in [4.69, 9.17) is 11.5 Å². The lowest BCUT2D eigenvalue weighted by atomic mass is 10.1. The molecule has 0 aromatic heterocycles. The van der Waals surface area contributed by atoms with Gasteiger partial charge in [0.15, 0.2) is 0 Å². The highest BCUT2D eigenvalue weighted by Crippen LogP contribution is 2.27. The van der Waals surface area contributed by atoms with Crippen molar-refractivity contribution in [2.75, 3.05) is 6.26 Å². The molecular weight excluding hydrogens is 144 g/mol. The molecule has 1 atom stereocenters. The Balaban J connectivity index is 2.71. The zero-order valence-corrected chi connectivity index (χ0v) is 6.82. The molecule has 0 bridgehead atoms. The van der Waals surface area contributed by atoms with Crippen molar-refractivity contribution in [2.24, 2.45) is 11.5 Å². The van der Waals surface area contributed by atoms with Gasteiger partial charge in [0, 0.05) is 12.1 Å². The molecule has 0 radical (unpaired) electrons. The molecule has 1 unspecified atom stereocenters. The topological polar surface area (TPSA) is 52.0 Å². The highest BCUT2D eigenvalue weighted by atomic mass is 32.2. The quantitative estimate of drug-likeness (QED) is 0.552. The minimum absolute atomic E-state index is 0.265. The number of nitrogens with two attached hydrogens (primary N) is 2. The standard InChI is InChI=1S/C7H12N2S/c1-10-7(9)4-2-3-6(8)5-7/h2-4H,5,8-9H2,1H3. The van der Waals surface area contributed by atoms with Gasteiger partial charge >= 0.3 is 0 Å². The van der Waals surface area contributed by atoms with Crippen molar-refractivity contribution in [3.63, 3.8) is 0 Å². The Labute approximate surface area is 65.3 Å². The highest BCUT2D eigenvalue weighted by molar-refractivity contribution is 8.00. The molecule has 1 aliphatic carbocycles. The van der Waals surface area contributed by atoms with Crippen molar-refractivity contribution < 1.29 is 0 Å². The first-order valence-corrected chi connectivity index (χ1v) is 4.37. The maximum atomic E-state index is 5.90. The number of hydrogen-bond acceptors (Lipinski definition) is 3. The average molecular weight is 156 g/mol. The predicted molar refractivity (Wildman–Crippen MR) is 46.5 cm³/mol. The predicted octanol–water partition coefficient (Wildman–Crippen LogP) is 0.807. The molecule has 0 aliphatic heterocycles. The van der Waals surface area contributed by atoms with Gasteiger partial charge in [-0.05, 0) is 12.3 Å². The van der Waals surface area contributed by atoms with Crippen LogP contribution in [0.3, 0.4) is 0 Å². The van der Waals surface area contributed by atoms with Crippen molar-refractivity contribution in [1.82, 2.24) is 0 Å². The van der Waals surface area contributed by atoms with Crippen LogP contribution in [-0.2, 0) is 0 Å². The van der Waals surface area contributed by atoms with Gasteiger partial charge in [0.05, 0.1) is 4.87 Å². The molecule has 3 heteroatoms. The van der Waals surface area contributed by atoms with E-state index in [0.717, 1.165) is 12.1 Å².